The van der Waals surface area contributed by atoms with E-state index in [4.69, 9.17) is 4.74 Å². The Bertz CT molecular complexity index is 778. The van der Waals surface area contributed by atoms with Crippen molar-refractivity contribution in [3.05, 3.63) is 65.7 Å². The van der Waals surface area contributed by atoms with Crippen molar-refractivity contribution < 1.29 is 27.9 Å². The first kappa shape index (κ1) is 18.3. The maximum Gasteiger partial charge on any atom is 0.306 e. The van der Waals surface area contributed by atoms with Crippen LogP contribution < -0.4 is 5.32 Å². The van der Waals surface area contributed by atoms with Crippen molar-refractivity contribution >= 4 is 23.3 Å². The van der Waals surface area contributed by atoms with Gasteiger partial charge in [0.1, 0.15) is 11.6 Å². The minimum atomic E-state index is -0.813. The topological polar surface area (TPSA) is 72.5 Å². The molecule has 25 heavy (non-hydrogen) atoms. The van der Waals surface area contributed by atoms with Gasteiger partial charge < -0.3 is 10.1 Å². The largest absolute Gasteiger partial charge is 0.456 e. The van der Waals surface area contributed by atoms with Crippen LogP contribution in [0.4, 0.5) is 14.5 Å². The molecule has 0 spiro atoms. The maximum absolute atomic E-state index is 13.4. The van der Waals surface area contributed by atoms with Gasteiger partial charge in [0, 0.05) is 18.1 Å². The Balaban J connectivity index is 1.75. The molecule has 0 saturated carbocycles. The van der Waals surface area contributed by atoms with E-state index in [-0.39, 0.29) is 24.3 Å². The van der Waals surface area contributed by atoms with Gasteiger partial charge in [0.15, 0.2) is 12.4 Å². The summed E-state index contributed by atoms with van der Waals surface area (Å²) < 4.78 is 31.1. The second-order valence-corrected chi connectivity index (χ2v) is 5.12. The first-order valence-electron chi connectivity index (χ1n) is 7.44. The highest BCUT2D eigenvalue weighted by atomic mass is 19.1. The van der Waals surface area contributed by atoms with Crippen LogP contribution in [0.25, 0.3) is 0 Å². The average molecular weight is 347 g/mol. The number of hydrogen-bond donors (Lipinski definition) is 1. The maximum atomic E-state index is 13.4. The number of ether oxygens (including phenoxy) is 1. The van der Waals surface area contributed by atoms with Gasteiger partial charge in [-0.2, -0.15) is 0 Å². The lowest BCUT2D eigenvalue weighted by Crippen LogP contribution is -2.21. The van der Waals surface area contributed by atoms with E-state index in [1.165, 1.54) is 0 Å². The molecular weight excluding hydrogens is 332 g/mol. The molecule has 0 aliphatic rings. The standard InChI is InChI=1S/C18H15F2NO4/c19-13-6-7-14(20)15(10-13)21-17(23)11-25-18(24)9-8-16(22)12-4-2-1-3-5-12/h1-7,10H,8-9,11H2,(H,21,23). The number of carbonyl (C=O) groups excluding carboxylic acids is 3. The summed E-state index contributed by atoms with van der Waals surface area (Å²) in [7, 11) is 0. The molecule has 2 rings (SSSR count). The summed E-state index contributed by atoms with van der Waals surface area (Å²) in [5.41, 5.74) is 0.134. The van der Waals surface area contributed by atoms with Crippen LogP contribution in [0, 0.1) is 11.6 Å². The second kappa shape index (κ2) is 8.68. The zero-order valence-electron chi connectivity index (χ0n) is 13.1. The number of Topliss-reactive ketones (excluding diaryl/α,β-unsaturated/α-hetero) is 1. The molecule has 0 bridgehead atoms. The Labute approximate surface area is 142 Å². The molecule has 0 atom stereocenters. The van der Waals surface area contributed by atoms with Crippen molar-refractivity contribution in [1.29, 1.82) is 0 Å². The second-order valence-electron chi connectivity index (χ2n) is 5.12. The van der Waals surface area contributed by atoms with Gasteiger partial charge in [0.2, 0.25) is 0 Å². The van der Waals surface area contributed by atoms with Crippen molar-refractivity contribution in [1.82, 2.24) is 0 Å². The number of ketones is 1. The van der Waals surface area contributed by atoms with Crippen molar-refractivity contribution in [2.24, 2.45) is 0 Å². The molecule has 0 fully saturated rings. The molecule has 0 unspecified atom stereocenters. The van der Waals surface area contributed by atoms with Crippen LogP contribution in [0.3, 0.4) is 0 Å². The molecule has 0 aromatic heterocycles. The number of carbonyl (C=O) groups is 3. The number of rotatable bonds is 7. The van der Waals surface area contributed by atoms with E-state index >= 15 is 0 Å². The van der Waals surface area contributed by atoms with Crippen LogP contribution in [0.2, 0.25) is 0 Å². The molecule has 0 radical (unpaired) electrons. The SMILES string of the molecule is O=C(COC(=O)CCC(=O)c1ccccc1)Nc1cc(F)ccc1F. The molecule has 0 heterocycles. The first-order chi connectivity index (χ1) is 12.0. The van der Waals surface area contributed by atoms with Crippen molar-refractivity contribution in [2.45, 2.75) is 12.8 Å². The average Bonchev–Trinajstić information content (AvgIpc) is 2.61. The van der Waals surface area contributed by atoms with Gasteiger partial charge in [0.25, 0.3) is 5.91 Å². The van der Waals surface area contributed by atoms with Crippen molar-refractivity contribution in [3.63, 3.8) is 0 Å². The van der Waals surface area contributed by atoms with Crippen molar-refractivity contribution in [3.8, 4) is 0 Å². The number of benzene rings is 2. The number of hydrogen-bond acceptors (Lipinski definition) is 4. The van der Waals surface area contributed by atoms with E-state index in [1.54, 1.807) is 30.3 Å². The number of esters is 1. The van der Waals surface area contributed by atoms with Gasteiger partial charge in [-0.05, 0) is 12.1 Å². The molecule has 0 aliphatic heterocycles. The van der Waals surface area contributed by atoms with Crippen LogP contribution in [0.5, 0.6) is 0 Å². The van der Waals surface area contributed by atoms with Crippen LogP contribution in [0.15, 0.2) is 48.5 Å². The zero-order chi connectivity index (χ0) is 18.2. The summed E-state index contributed by atoms with van der Waals surface area (Å²) in [6, 6.07) is 11.0. The van der Waals surface area contributed by atoms with E-state index in [0.29, 0.717) is 5.56 Å². The molecular formula is C18H15F2NO4. The minimum absolute atomic E-state index is 0.0526. The monoisotopic (exact) mass is 347 g/mol. The normalized spacial score (nSPS) is 10.2. The third kappa shape index (κ3) is 5.80. The van der Waals surface area contributed by atoms with Gasteiger partial charge >= 0.3 is 5.97 Å². The predicted octanol–water partition coefficient (Wildman–Crippen LogP) is 3.11. The minimum Gasteiger partial charge on any atom is -0.456 e. The Kier molecular flexibility index (Phi) is 6.33. The third-order valence-electron chi connectivity index (χ3n) is 3.22. The number of halogens is 2. The fraction of sp³-hybridized carbons (Fsp3) is 0.167. The van der Waals surface area contributed by atoms with E-state index in [9.17, 15) is 23.2 Å². The number of anilines is 1. The Morgan fingerprint density at radius 1 is 0.960 bits per heavy atom. The summed E-state index contributed by atoms with van der Waals surface area (Å²) in [5.74, 6) is -3.29. The molecule has 2 aromatic carbocycles. The lowest BCUT2D eigenvalue weighted by atomic mass is 10.1. The summed E-state index contributed by atoms with van der Waals surface area (Å²) in [6.07, 6.45) is -0.238. The van der Waals surface area contributed by atoms with Gasteiger partial charge in [-0.3, -0.25) is 14.4 Å². The van der Waals surface area contributed by atoms with Gasteiger partial charge in [-0.15, -0.1) is 0 Å². The molecule has 7 heteroatoms. The highest BCUT2D eigenvalue weighted by Gasteiger charge is 2.13. The van der Waals surface area contributed by atoms with Crippen LogP contribution in [-0.4, -0.2) is 24.3 Å². The highest BCUT2D eigenvalue weighted by Crippen LogP contribution is 2.15. The molecule has 130 valence electrons. The lowest BCUT2D eigenvalue weighted by Gasteiger charge is -2.07. The molecule has 5 nitrogen and oxygen atoms in total. The van der Waals surface area contributed by atoms with Gasteiger partial charge in [-0.25, -0.2) is 8.78 Å². The third-order valence-corrected chi connectivity index (χ3v) is 3.22. The van der Waals surface area contributed by atoms with Gasteiger partial charge in [-0.1, -0.05) is 30.3 Å². The number of nitrogens with one attached hydrogen (secondary N) is 1. The molecule has 2 aromatic rings. The van der Waals surface area contributed by atoms with E-state index in [0.717, 1.165) is 18.2 Å². The smallest absolute Gasteiger partial charge is 0.306 e. The van der Waals surface area contributed by atoms with Crippen LogP contribution in [-0.2, 0) is 14.3 Å². The fourth-order valence-electron chi connectivity index (χ4n) is 1.98. The van der Waals surface area contributed by atoms with Gasteiger partial charge in [0.05, 0.1) is 12.1 Å². The quantitative estimate of drug-likeness (QED) is 0.617. The number of amides is 1. The first-order valence-corrected chi connectivity index (χ1v) is 7.44. The lowest BCUT2D eigenvalue weighted by molar-refractivity contribution is -0.147. The molecule has 0 aliphatic carbocycles. The van der Waals surface area contributed by atoms with Crippen LogP contribution >= 0.6 is 0 Å². The molecule has 1 N–H and O–H groups in total. The summed E-state index contributed by atoms with van der Waals surface area (Å²) >= 11 is 0. The fourth-order valence-corrected chi connectivity index (χ4v) is 1.98. The van der Waals surface area contributed by atoms with E-state index in [1.807, 2.05) is 0 Å². The van der Waals surface area contributed by atoms with E-state index < -0.39 is 30.1 Å². The Morgan fingerprint density at radius 2 is 1.68 bits per heavy atom. The Morgan fingerprint density at radius 3 is 2.40 bits per heavy atom. The van der Waals surface area contributed by atoms with E-state index in [2.05, 4.69) is 5.32 Å². The summed E-state index contributed by atoms with van der Waals surface area (Å²) in [5, 5.41) is 2.10. The Hall–Kier alpha value is -3.09. The van der Waals surface area contributed by atoms with Crippen LogP contribution in [0.1, 0.15) is 23.2 Å². The predicted molar refractivity (Wildman–Crippen MR) is 86.0 cm³/mol. The summed E-state index contributed by atoms with van der Waals surface area (Å²) in [4.78, 5) is 35.0. The molecule has 0 saturated heterocycles. The molecule has 1 amide bonds. The zero-order valence-corrected chi connectivity index (χ0v) is 13.1. The summed E-state index contributed by atoms with van der Waals surface area (Å²) in [6.45, 7) is -0.658. The van der Waals surface area contributed by atoms with Crippen molar-refractivity contribution in [2.75, 3.05) is 11.9 Å². The highest BCUT2D eigenvalue weighted by molar-refractivity contribution is 5.97.